The Morgan fingerprint density at radius 3 is 2.81 bits per heavy atom. The zero-order valence-corrected chi connectivity index (χ0v) is 13.7. The van der Waals surface area contributed by atoms with Crippen LogP contribution < -0.4 is 4.72 Å². The summed E-state index contributed by atoms with van der Waals surface area (Å²) in [6, 6.07) is 6.94. The molecule has 1 aliphatic heterocycles. The van der Waals surface area contributed by atoms with Crippen molar-refractivity contribution in [1.29, 1.82) is 0 Å². The molecule has 1 N–H and O–H groups in total. The van der Waals surface area contributed by atoms with Crippen molar-refractivity contribution in [2.45, 2.75) is 31.3 Å². The lowest BCUT2D eigenvalue weighted by Crippen LogP contribution is -2.50. The number of nitrogens with zero attached hydrogens (tertiary/aromatic N) is 1. The molecule has 2 rings (SSSR count). The number of aryl methyl sites for hydroxylation is 1. The van der Waals surface area contributed by atoms with Crippen LogP contribution in [0.4, 0.5) is 0 Å². The van der Waals surface area contributed by atoms with Crippen molar-refractivity contribution in [3.05, 3.63) is 29.8 Å². The van der Waals surface area contributed by atoms with Crippen LogP contribution in [0.3, 0.4) is 0 Å². The Morgan fingerprint density at radius 1 is 1.38 bits per heavy atom. The number of sulfonamides is 1. The molecule has 0 bridgehead atoms. The maximum atomic E-state index is 12.2. The SMILES string of the molecule is Cc1cccc(S(=O)(=O)NCCN2CCOC(C)(C)C2)c1. The predicted octanol–water partition coefficient (Wildman–Crippen LogP) is 1.38. The first kappa shape index (κ1) is 16.4. The smallest absolute Gasteiger partial charge is 0.240 e. The molecule has 0 aromatic heterocycles. The van der Waals surface area contributed by atoms with Gasteiger partial charge < -0.3 is 4.74 Å². The van der Waals surface area contributed by atoms with Gasteiger partial charge in [-0.25, -0.2) is 13.1 Å². The molecule has 118 valence electrons. The lowest BCUT2D eigenvalue weighted by atomic mass is 10.1. The molecule has 1 heterocycles. The van der Waals surface area contributed by atoms with Gasteiger partial charge in [0.1, 0.15) is 0 Å². The first-order valence-corrected chi connectivity index (χ1v) is 8.69. The third kappa shape index (κ3) is 4.78. The minimum absolute atomic E-state index is 0.159. The number of hydrogen-bond donors (Lipinski definition) is 1. The van der Waals surface area contributed by atoms with Crippen LogP contribution in [0, 0.1) is 6.92 Å². The summed E-state index contributed by atoms with van der Waals surface area (Å²) >= 11 is 0. The van der Waals surface area contributed by atoms with Gasteiger partial charge in [0, 0.05) is 26.2 Å². The standard InChI is InChI=1S/C15H24N2O3S/c1-13-5-4-6-14(11-13)21(18,19)16-7-8-17-9-10-20-15(2,3)12-17/h4-6,11,16H,7-10,12H2,1-3H3. The minimum Gasteiger partial charge on any atom is -0.373 e. The average molecular weight is 312 g/mol. The number of hydrogen-bond acceptors (Lipinski definition) is 4. The summed E-state index contributed by atoms with van der Waals surface area (Å²) in [5.41, 5.74) is 0.779. The fourth-order valence-corrected chi connectivity index (χ4v) is 3.63. The number of morpholine rings is 1. The molecular weight excluding hydrogens is 288 g/mol. The summed E-state index contributed by atoms with van der Waals surface area (Å²) in [7, 11) is -3.42. The number of ether oxygens (including phenoxy) is 1. The van der Waals surface area contributed by atoms with Crippen molar-refractivity contribution in [2.24, 2.45) is 0 Å². The van der Waals surface area contributed by atoms with E-state index in [0.29, 0.717) is 24.6 Å². The molecule has 0 saturated carbocycles. The Bertz CT molecular complexity index is 584. The van der Waals surface area contributed by atoms with Crippen LogP contribution >= 0.6 is 0 Å². The Labute approximate surface area is 127 Å². The highest BCUT2D eigenvalue weighted by Gasteiger charge is 2.27. The van der Waals surface area contributed by atoms with Gasteiger partial charge in [0.15, 0.2) is 0 Å². The molecule has 0 radical (unpaired) electrons. The molecular formula is C15H24N2O3S. The van der Waals surface area contributed by atoms with E-state index >= 15 is 0 Å². The van der Waals surface area contributed by atoms with Crippen LogP contribution in [-0.2, 0) is 14.8 Å². The van der Waals surface area contributed by atoms with Gasteiger partial charge >= 0.3 is 0 Å². The molecule has 0 aliphatic carbocycles. The zero-order chi connectivity index (χ0) is 15.5. The second-order valence-corrected chi connectivity index (χ2v) is 7.87. The van der Waals surface area contributed by atoms with E-state index in [1.807, 2.05) is 13.0 Å². The van der Waals surface area contributed by atoms with E-state index in [4.69, 9.17) is 4.74 Å². The highest BCUT2D eigenvalue weighted by Crippen LogP contribution is 2.16. The fourth-order valence-electron chi connectivity index (χ4n) is 2.51. The average Bonchev–Trinajstić information content (AvgIpc) is 2.37. The molecule has 0 amide bonds. The monoisotopic (exact) mass is 312 g/mol. The minimum atomic E-state index is -3.42. The molecule has 1 aromatic rings. The first-order valence-electron chi connectivity index (χ1n) is 7.21. The van der Waals surface area contributed by atoms with Crippen LogP contribution in [-0.4, -0.2) is 51.7 Å². The number of nitrogens with one attached hydrogen (secondary N) is 1. The second-order valence-electron chi connectivity index (χ2n) is 6.10. The summed E-state index contributed by atoms with van der Waals surface area (Å²) in [4.78, 5) is 2.55. The van der Waals surface area contributed by atoms with Gasteiger partial charge in [-0.15, -0.1) is 0 Å². The normalized spacial score (nSPS) is 19.6. The Morgan fingerprint density at radius 2 is 2.14 bits per heavy atom. The van der Waals surface area contributed by atoms with Gasteiger partial charge in [0.2, 0.25) is 10.0 Å². The van der Waals surface area contributed by atoms with E-state index in [1.165, 1.54) is 0 Å². The van der Waals surface area contributed by atoms with Gasteiger partial charge in [-0.1, -0.05) is 12.1 Å². The topological polar surface area (TPSA) is 58.6 Å². The molecule has 5 nitrogen and oxygen atoms in total. The van der Waals surface area contributed by atoms with Crippen molar-refractivity contribution >= 4 is 10.0 Å². The van der Waals surface area contributed by atoms with Crippen LogP contribution in [0.15, 0.2) is 29.2 Å². The number of benzene rings is 1. The molecule has 0 unspecified atom stereocenters. The molecule has 1 aliphatic rings. The lowest BCUT2D eigenvalue weighted by Gasteiger charge is -2.38. The van der Waals surface area contributed by atoms with E-state index in [2.05, 4.69) is 23.5 Å². The highest BCUT2D eigenvalue weighted by molar-refractivity contribution is 7.89. The summed E-state index contributed by atoms with van der Waals surface area (Å²) in [6.07, 6.45) is 0. The van der Waals surface area contributed by atoms with Crippen molar-refractivity contribution in [3.63, 3.8) is 0 Å². The summed E-state index contributed by atoms with van der Waals surface area (Å²) in [5, 5.41) is 0. The van der Waals surface area contributed by atoms with Crippen LogP contribution in [0.1, 0.15) is 19.4 Å². The predicted molar refractivity (Wildman–Crippen MR) is 82.8 cm³/mol. The van der Waals surface area contributed by atoms with Crippen LogP contribution in [0.5, 0.6) is 0 Å². The lowest BCUT2D eigenvalue weighted by molar-refractivity contribution is -0.0851. The van der Waals surface area contributed by atoms with Gasteiger partial charge in [0.25, 0.3) is 0 Å². The van der Waals surface area contributed by atoms with E-state index in [0.717, 1.165) is 18.7 Å². The van der Waals surface area contributed by atoms with Crippen molar-refractivity contribution in [3.8, 4) is 0 Å². The highest BCUT2D eigenvalue weighted by atomic mass is 32.2. The zero-order valence-electron chi connectivity index (χ0n) is 12.9. The molecule has 0 spiro atoms. The Kier molecular flexibility index (Phi) is 5.03. The summed E-state index contributed by atoms with van der Waals surface area (Å²) < 4.78 is 32.7. The largest absolute Gasteiger partial charge is 0.373 e. The van der Waals surface area contributed by atoms with Gasteiger partial charge in [-0.3, -0.25) is 4.90 Å². The van der Waals surface area contributed by atoms with Gasteiger partial charge in [-0.2, -0.15) is 0 Å². The molecule has 0 atom stereocenters. The molecule has 6 heteroatoms. The van der Waals surface area contributed by atoms with Crippen molar-refractivity contribution in [1.82, 2.24) is 9.62 Å². The van der Waals surface area contributed by atoms with Gasteiger partial charge in [0.05, 0.1) is 17.1 Å². The van der Waals surface area contributed by atoms with Crippen LogP contribution in [0.25, 0.3) is 0 Å². The molecule has 1 fully saturated rings. The van der Waals surface area contributed by atoms with E-state index in [1.54, 1.807) is 18.2 Å². The molecule has 1 saturated heterocycles. The molecule has 1 aromatic carbocycles. The van der Waals surface area contributed by atoms with E-state index in [9.17, 15) is 8.42 Å². The third-order valence-electron chi connectivity index (χ3n) is 3.52. The quantitative estimate of drug-likeness (QED) is 0.892. The molecule has 21 heavy (non-hydrogen) atoms. The fraction of sp³-hybridized carbons (Fsp3) is 0.600. The maximum absolute atomic E-state index is 12.2. The Hall–Kier alpha value is -0.950. The summed E-state index contributed by atoms with van der Waals surface area (Å²) in [6.45, 7) is 9.44. The second kappa shape index (κ2) is 6.44. The first-order chi connectivity index (χ1) is 9.78. The van der Waals surface area contributed by atoms with E-state index < -0.39 is 10.0 Å². The van der Waals surface area contributed by atoms with Crippen LogP contribution in [0.2, 0.25) is 0 Å². The number of rotatable bonds is 5. The van der Waals surface area contributed by atoms with Crippen molar-refractivity contribution < 1.29 is 13.2 Å². The third-order valence-corrected chi connectivity index (χ3v) is 4.98. The van der Waals surface area contributed by atoms with E-state index in [-0.39, 0.29) is 5.60 Å². The maximum Gasteiger partial charge on any atom is 0.240 e. The van der Waals surface area contributed by atoms with Crippen molar-refractivity contribution in [2.75, 3.05) is 32.8 Å². The van der Waals surface area contributed by atoms with Gasteiger partial charge in [-0.05, 0) is 38.5 Å². The summed E-state index contributed by atoms with van der Waals surface area (Å²) in [5.74, 6) is 0. The Balaban J connectivity index is 1.88.